The molecule has 0 aliphatic carbocycles. The molecular formula is C22H24BrNO4. The lowest BCUT2D eigenvalue weighted by Gasteiger charge is -2.14. The van der Waals surface area contributed by atoms with Crippen LogP contribution in [0, 0.1) is 13.8 Å². The van der Waals surface area contributed by atoms with Gasteiger partial charge in [-0.1, -0.05) is 45.8 Å². The minimum atomic E-state index is -0.565. The molecule has 0 fully saturated rings. The standard InChI is InChI=1S/C22H24BrNO4/c1-14-4-5-15(2)19(12-14)20(25)10-11-22(27)28-13-21(26)24-16(3)17-6-8-18(23)9-7-17/h4-9,12,16H,10-11,13H2,1-3H3,(H,24,26). The Bertz CT molecular complexity index is 861. The first-order valence-corrected chi connectivity index (χ1v) is 9.86. The quantitative estimate of drug-likeness (QED) is 0.481. The number of ketones is 1. The van der Waals surface area contributed by atoms with E-state index in [0.29, 0.717) is 5.56 Å². The minimum absolute atomic E-state index is 0.0538. The normalized spacial score (nSPS) is 11.6. The van der Waals surface area contributed by atoms with E-state index < -0.39 is 5.97 Å². The highest BCUT2D eigenvalue weighted by Crippen LogP contribution is 2.16. The number of amides is 1. The first-order chi connectivity index (χ1) is 13.3. The average molecular weight is 446 g/mol. The zero-order valence-electron chi connectivity index (χ0n) is 16.3. The fraction of sp³-hybridized carbons (Fsp3) is 0.318. The predicted octanol–water partition coefficient (Wildman–Crippen LogP) is 4.45. The third kappa shape index (κ3) is 6.60. The fourth-order valence-electron chi connectivity index (χ4n) is 2.72. The van der Waals surface area contributed by atoms with Gasteiger partial charge in [0.15, 0.2) is 12.4 Å². The summed E-state index contributed by atoms with van der Waals surface area (Å²) in [6.45, 7) is 5.27. The summed E-state index contributed by atoms with van der Waals surface area (Å²) in [6, 6.07) is 13.0. The maximum absolute atomic E-state index is 12.3. The summed E-state index contributed by atoms with van der Waals surface area (Å²) < 4.78 is 5.95. The van der Waals surface area contributed by atoms with Gasteiger partial charge in [0.05, 0.1) is 12.5 Å². The van der Waals surface area contributed by atoms with E-state index in [9.17, 15) is 14.4 Å². The van der Waals surface area contributed by atoms with Crippen molar-refractivity contribution in [1.82, 2.24) is 5.32 Å². The molecule has 1 atom stereocenters. The monoisotopic (exact) mass is 445 g/mol. The maximum Gasteiger partial charge on any atom is 0.306 e. The number of ether oxygens (including phenoxy) is 1. The number of hydrogen-bond acceptors (Lipinski definition) is 4. The van der Waals surface area contributed by atoms with E-state index >= 15 is 0 Å². The Morgan fingerprint density at radius 1 is 1.04 bits per heavy atom. The van der Waals surface area contributed by atoms with Gasteiger partial charge in [0.1, 0.15) is 0 Å². The first-order valence-electron chi connectivity index (χ1n) is 9.07. The van der Waals surface area contributed by atoms with Crippen molar-refractivity contribution in [3.8, 4) is 0 Å². The second-order valence-electron chi connectivity index (χ2n) is 6.74. The van der Waals surface area contributed by atoms with Gasteiger partial charge in [0.2, 0.25) is 0 Å². The summed E-state index contributed by atoms with van der Waals surface area (Å²) in [5, 5.41) is 2.78. The molecule has 0 aliphatic rings. The lowest BCUT2D eigenvalue weighted by molar-refractivity contribution is -0.148. The summed E-state index contributed by atoms with van der Waals surface area (Å²) >= 11 is 3.36. The number of carbonyl (C=O) groups is 3. The predicted molar refractivity (Wildman–Crippen MR) is 111 cm³/mol. The highest BCUT2D eigenvalue weighted by molar-refractivity contribution is 9.10. The van der Waals surface area contributed by atoms with E-state index in [1.165, 1.54) is 0 Å². The van der Waals surface area contributed by atoms with Crippen LogP contribution in [-0.4, -0.2) is 24.3 Å². The summed E-state index contributed by atoms with van der Waals surface area (Å²) in [5.74, 6) is -1.05. The molecule has 2 rings (SSSR count). The molecule has 0 aromatic heterocycles. The van der Waals surface area contributed by atoms with Crippen LogP contribution in [-0.2, 0) is 14.3 Å². The molecule has 0 saturated heterocycles. The van der Waals surface area contributed by atoms with Crippen molar-refractivity contribution < 1.29 is 19.1 Å². The molecule has 0 aliphatic heterocycles. The van der Waals surface area contributed by atoms with Crippen molar-refractivity contribution in [2.45, 2.75) is 39.7 Å². The summed E-state index contributed by atoms with van der Waals surface area (Å²) in [7, 11) is 0. The Hall–Kier alpha value is -2.47. The van der Waals surface area contributed by atoms with Crippen molar-refractivity contribution in [2.24, 2.45) is 0 Å². The zero-order valence-corrected chi connectivity index (χ0v) is 17.8. The molecule has 2 aromatic rings. The van der Waals surface area contributed by atoms with Gasteiger partial charge in [0.25, 0.3) is 5.91 Å². The molecule has 0 radical (unpaired) electrons. The number of rotatable bonds is 8. The first kappa shape index (κ1) is 21.8. The number of nitrogens with one attached hydrogen (secondary N) is 1. The molecule has 0 heterocycles. The highest BCUT2D eigenvalue weighted by atomic mass is 79.9. The Labute approximate surface area is 173 Å². The second kappa shape index (κ2) is 10.2. The number of benzene rings is 2. The molecular weight excluding hydrogens is 422 g/mol. The number of esters is 1. The SMILES string of the molecule is Cc1ccc(C)c(C(=O)CCC(=O)OCC(=O)NC(C)c2ccc(Br)cc2)c1. The largest absolute Gasteiger partial charge is 0.456 e. The van der Waals surface area contributed by atoms with Gasteiger partial charge >= 0.3 is 5.97 Å². The Balaban J connectivity index is 1.75. The zero-order chi connectivity index (χ0) is 20.7. The van der Waals surface area contributed by atoms with E-state index in [0.717, 1.165) is 21.2 Å². The van der Waals surface area contributed by atoms with Crippen molar-refractivity contribution in [3.63, 3.8) is 0 Å². The van der Waals surface area contributed by atoms with Gasteiger partial charge < -0.3 is 10.1 Å². The number of halogens is 1. The van der Waals surface area contributed by atoms with Crippen molar-refractivity contribution >= 4 is 33.6 Å². The average Bonchev–Trinajstić information content (AvgIpc) is 2.66. The van der Waals surface area contributed by atoms with Crippen LogP contribution in [0.15, 0.2) is 46.9 Å². The highest BCUT2D eigenvalue weighted by Gasteiger charge is 2.15. The summed E-state index contributed by atoms with van der Waals surface area (Å²) in [6.07, 6.45) is 0.00179. The Morgan fingerprint density at radius 2 is 1.71 bits per heavy atom. The molecule has 6 heteroatoms. The fourth-order valence-corrected chi connectivity index (χ4v) is 2.99. The molecule has 0 bridgehead atoms. The Kier molecular flexibility index (Phi) is 7.93. The second-order valence-corrected chi connectivity index (χ2v) is 7.66. The van der Waals surface area contributed by atoms with Gasteiger partial charge in [-0.2, -0.15) is 0 Å². The molecule has 1 unspecified atom stereocenters. The van der Waals surface area contributed by atoms with Gasteiger partial charge in [-0.15, -0.1) is 0 Å². The molecule has 1 N–H and O–H groups in total. The van der Waals surface area contributed by atoms with Crippen LogP contribution < -0.4 is 5.32 Å². The molecule has 148 valence electrons. The van der Waals surface area contributed by atoms with Crippen LogP contribution in [0.2, 0.25) is 0 Å². The lowest BCUT2D eigenvalue weighted by atomic mass is 9.99. The molecule has 5 nitrogen and oxygen atoms in total. The number of hydrogen-bond donors (Lipinski definition) is 1. The third-order valence-corrected chi connectivity index (χ3v) is 4.89. The lowest BCUT2D eigenvalue weighted by Crippen LogP contribution is -2.31. The summed E-state index contributed by atoms with van der Waals surface area (Å²) in [5.41, 5.74) is 3.44. The van der Waals surface area contributed by atoms with Gasteiger partial charge in [-0.25, -0.2) is 0 Å². The van der Waals surface area contributed by atoms with Gasteiger partial charge in [-0.05, 0) is 50.1 Å². The van der Waals surface area contributed by atoms with E-state index in [-0.39, 0.29) is 37.2 Å². The third-order valence-electron chi connectivity index (χ3n) is 4.36. The van der Waals surface area contributed by atoms with Crippen LogP contribution in [0.3, 0.4) is 0 Å². The van der Waals surface area contributed by atoms with Gasteiger partial charge in [0, 0.05) is 16.5 Å². The summed E-state index contributed by atoms with van der Waals surface area (Å²) in [4.78, 5) is 36.1. The van der Waals surface area contributed by atoms with Crippen molar-refractivity contribution in [2.75, 3.05) is 6.61 Å². The van der Waals surface area contributed by atoms with E-state index in [4.69, 9.17) is 4.74 Å². The topological polar surface area (TPSA) is 72.5 Å². The number of aryl methyl sites for hydroxylation is 2. The number of carbonyl (C=O) groups excluding carboxylic acids is 3. The smallest absolute Gasteiger partial charge is 0.306 e. The van der Waals surface area contributed by atoms with Crippen molar-refractivity contribution in [1.29, 1.82) is 0 Å². The van der Waals surface area contributed by atoms with E-state index in [1.807, 2.05) is 63.2 Å². The van der Waals surface area contributed by atoms with E-state index in [1.54, 1.807) is 0 Å². The molecule has 0 spiro atoms. The van der Waals surface area contributed by atoms with Crippen LogP contribution in [0.4, 0.5) is 0 Å². The van der Waals surface area contributed by atoms with Crippen molar-refractivity contribution in [3.05, 3.63) is 69.2 Å². The molecule has 2 aromatic carbocycles. The Morgan fingerprint density at radius 3 is 2.39 bits per heavy atom. The van der Waals surface area contributed by atoms with Crippen LogP contribution >= 0.6 is 15.9 Å². The molecule has 28 heavy (non-hydrogen) atoms. The maximum atomic E-state index is 12.3. The molecule has 1 amide bonds. The van der Waals surface area contributed by atoms with Crippen LogP contribution in [0.1, 0.15) is 52.9 Å². The molecule has 0 saturated carbocycles. The minimum Gasteiger partial charge on any atom is -0.456 e. The number of Topliss-reactive ketones (excluding diaryl/α,β-unsaturated/α-hetero) is 1. The van der Waals surface area contributed by atoms with Crippen LogP contribution in [0.5, 0.6) is 0 Å². The van der Waals surface area contributed by atoms with E-state index in [2.05, 4.69) is 21.2 Å². The van der Waals surface area contributed by atoms with Crippen LogP contribution in [0.25, 0.3) is 0 Å². The van der Waals surface area contributed by atoms with Gasteiger partial charge in [-0.3, -0.25) is 14.4 Å².